The highest BCUT2D eigenvalue weighted by atomic mass is 32.2. The minimum atomic E-state index is -4.71. The average molecular weight is 458 g/mol. The summed E-state index contributed by atoms with van der Waals surface area (Å²) >= 11 is 0. The second-order valence-corrected chi connectivity index (χ2v) is 8.24. The molecule has 0 aromatic heterocycles. The zero-order valence-electron chi connectivity index (χ0n) is 16.6. The van der Waals surface area contributed by atoms with E-state index in [1.54, 1.807) is 30.3 Å². The molecule has 0 unspecified atom stereocenters. The molecule has 0 spiro atoms. The van der Waals surface area contributed by atoms with Crippen molar-refractivity contribution in [3.8, 4) is 0 Å². The van der Waals surface area contributed by atoms with Crippen molar-refractivity contribution in [1.82, 2.24) is 9.62 Å². The second-order valence-electron chi connectivity index (χ2n) is 6.48. The molecule has 1 N–H and O–H groups in total. The predicted octanol–water partition coefficient (Wildman–Crippen LogP) is 2.58. The number of nitrogens with zero attached hydrogens (tertiary/aromatic N) is 1. The summed E-state index contributed by atoms with van der Waals surface area (Å²) in [6.45, 7) is -0.597. The van der Waals surface area contributed by atoms with Crippen molar-refractivity contribution in [2.24, 2.45) is 0 Å². The normalized spacial score (nSPS) is 11.7. The fourth-order valence-electron chi connectivity index (χ4n) is 2.62. The Kier molecular flexibility index (Phi) is 8.17. The standard InChI is InChI=1S/C20H21F3N2O5S/c1-30-19(27)10-11-25(14-15-6-3-2-4-7-15)18(26)13-24-31(28,29)17-9-5-8-16(12-17)20(21,22)23/h2-9,12,24H,10-11,13-14H2,1H3. The summed E-state index contributed by atoms with van der Waals surface area (Å²) in [5.74, 6) is -1.20. The van der Waals surface area contributed by atoms with Crippen LogP contribution < -0.4 is 4.72 Å². The first-order chi connectivity index (χ1) is 14.5. The zero-order valence-corrected chi connectivity index (χ0v) is 17.4. The number of benzene rings is 2. The first-order valence-corrected chi connectivity index (χ1v) is 10.6. The van der Waals surface area contributed by atoms with E-state index >= 15 is 0 Å². The van der Waals surface area contributed by atoms with Gasteiger partial charge in [-0.15, -0.1) is 0 Å². The first-order valence-electron chi connectivity index (χ1n) is 9.08. The molecular weight excluding hydrogens is 437 g/mol. The van der Waals surface area contributed by atoms with E-state index in [9.17, 15) is 31.2 Å². The Morgan fingerprint density at radius 1 is 1.06 bits per heavy atom. The molecule has 0 aliphatic rings. The van der Waals surface area contributed by atoms with Gasteiger partial charge in [0, 0.05) is 13.1 Å². The van der Waals surface area contributed by atoms with E-state index in [1.807, 2.05) is 4.72 Å². The maximum atomic E-state index is 12.8. The molecule has 2 aromatic rings. The molecule has 0 bridgehead atoms. The van der Waals surface area contributed by atoms with Crippen LogP contribution in [0.25, 0.3) is 0 Å². The summed E-state index contributed by atoms with van der Waals surface area (Å²) < 4.78 is 69.9. The number of hydrogen-bond donors (Lipinski definition) is 1. The summed E-state index contributed by atoms with van der Waals surface area (Å²) in [5.41, 5.74) is -0.369. The van der Waals surface area contributed by atoms with Crippen LogP contribution in [0, 0.1) is 0 Å². The van der Waals surface area contributed by atoms with Crippen LogP contribution in [0.1, 0.15) is 17.5 Å². The number of amides is 1. The summed E-state index contributed by atoms with van der Waals surface area (Å²) in [5, 5.41) is 0. The third kappa shape index (κ3) is 7.37. The van der Waals surface area contributed by atoms with Crippen LogP contribution >= 0.6 is 0 Å². The molecule has 0 aliphatic carbocycles. The van der Waals surface area contributed by atoms with Crippen LogP contribution in [0.4, 0.5) is 13.2 Å². The highest BCUT2D eigenvalue weighted by molar-refractivity contribution is 7.89. The van der Waals surface area contributed by atoms with Crippen molar-refractivity contribution in [1.29, 1.82) is 0 Å². The molecule has 0 atom stereocenters. The number of nitrogens with one attached hydrogen (secondary N) is 1. The minimum Gasteiger partial charge on any atom is -0.469 e. The summed E-state index contributed by atoms with van der Waals surface area (Å²) in [7, 11) is -3.17. The average Bonchev–Trinajstić information content (AvgIpc) is 2.75. The highest BCUT2D eigenvalue weighted by Crippen LogP contribution is 2.30. The van der Waals surface area contributed by atoms with Crippen LogP contribution in [0.5, 0.6) is 0 Å². The van der Waals surface area contributed by atoms with Crippen LogP contribution in [0.2, 0.25) is 0 Å². The van der Waals surface area contributed by atoms with Crippen molar-refractivity contribution >= 4 is 21.9 Å². The highest BCUT2D eigenvalue weighted by Gasteiger charge is 2.31. The number of sulfonamides is 1. The lowest BCUT2D eigenvalue weighted by atomic mass is 10.2. The van der Waals surface area contributed by atoms with Crippen LogP contribution in [-0.4, -0.2) is 45.4 Å². The van der Waals surface area contributed by atoms with Gasteiger partial charge in [-0.2, -0.15) is 13.2 Å². The number of esters is 1. The van der Waals surface area contributed by atoms with E-state index in [4.69, 9.17) is 0 Å². The molecular formula is C20H21F3N2O5S. The fraction of sp³-hybridized carbons (Fsp3) is 0.300. The maximum absolute atomic E-state index is 12.8. The summed E-state index contributed by atoms with van der Waals surface area (Å²) in [6.07, 6.45) is -4.81. The van der Waals surface area contributed by atoms with Crippen LogP contribution in [0.3, 0.4) is 0 Å². The molecule has 168 valence electrons. The molecule has 2 aromatic carbocycles. The molecule has 0 aliphatic heterocycles. The van der Waals surface area contributed by atoms with Gasteiger partial charge in [0.25, 0.3) is 0 Å². The number of halogens is 3. The van der Waals surface area contributed by atoms with E-state index in [2.05, 4.69) is 4.74 Å². The molecule has 2 rings (SSSR count). The molecule has 0 radical (unpaired) electrons. The van der Waals surface area contributed by atoms with Gasteiger partial charge in [0.1, 0.15) is 0 Å². The Balaban J connectivity index is 2.12. The Morgan fingerprint density at radius 3 is 2.35 bits per heavy atom. The minimum absolute atomic E-state index is 0.0221. The topological polar surface area (TPSA) is 92.8 Å². The Hall–Kier alpha value is -2.92. The van der Waals surface area contributed by atoms with Gasteiger partial charge in [-0.05, 0) is 23.8 Å². The van der Waals surface area contributed by atoms with Gasteiger partial charge in [-0.1, -0.05) is 36.4 Å². The van der Waals surface area contributed by atoms with Crippen LogP contribution in [-0.2, 0) is 37.1 Å². The SMILES string of the molecule is COC(=O)CCN(Cc1ccccc1)C(=O)CNS(=O)(=O)c1cccc(C(F)(F)F)c1. The van der Waals surface area contributed by atoms with E-state index < -0.39 is 45.1 Å². The predicted molar refractivity (Wildman–Crippen MR) is 105 cm³/mol. The van der Waals surface area contributed by atoms with Gasteiger partial charge in [0.15, 0.2) is 0 Å². The quantitative estimate of drug-likeness (QED) is 0.583. The lowest BCUT2D eigenvalue weighted by molar-refractivity contribution is -0.142. The molecule has 7 nitrogen and oxygen atoms in total. The number of hydrogen-bond acceptors (Lipinski definition) is 5. The van der Waals surface area contributed by atoms with Gasteiger partial charge >= 0.3 is 12.1 Å². The molecule has 0 heterocycles. The Bertz CT molecular complexity index is 1010. The lowest BCUT2D eigenvalue weighted by Crippen LogP contribution is -2.40. The fourth-order valence-corrected chi connectivity index (χ4v) is 3.64. The zero-order chi connectivity index (χ0) is 23.1. The molecule has 1 amide bonds. The molecule has 0 saturated carbocycles. The van der Waals surface area contributed by atoms with Crippen molar-refractivity contribution in [3.05, 3.63) is 65.7 Å². The Labute approximate surface area is 177 Å². The number of alkyl halides is 3. The summed E-state index contributed by atoms with van der Waals surface area (Å²) in [4.78, 5) is 24.7. The smallest absolute Gasteiger partial charge is 0.416 e. The van der Waals surface area contributed by atoms with Gasteiger partial charge in [-0.3, -0.25) is 9.59 Å². The maximum Gasteiger partial charge on any atom is 0.416 e. The van der Waals surface area contributed by atoms with Gasteiger partial charge in [0.2, 0.25) is 15.9 Å². The third-order valence-corrected chi connectivity index (χ3v) is 5.67. The monoisotopic (exact) mass is 458 g/mol. The van der Waals surface area contributed by atoms with E-state index in [0.29, 0.717) is 6.07 Å². The largest absolute Gasteiger partial charge is 0.469 e. The van der Waals surface area contributed by atoms with E-state index in [-0.39, 0.29) is 19.5 Å². The summed E-state index contributed by atoms with van der Waals surface area (Å²) in [6, 6.07) is 12.0. The van der Waals surface area contributed by atoms with Gasteiger partial charge in [-0.25, -0.2) is 13.1 Å². The number of rotatable bonds is 9. The number of carbonyl (C=O) groups excluding carboxylic acids is 2. The van der Waals surface area contributed by atoms with E-state index in [0.717, 1.165) is 23.8 Å². The van der Waals surface area contributed by atoms with Gasteiger partial charge < -0.3 is 9.64 Å². The van der Waals surface area contributed by atoms with E-state index in [1.165, 1.54) is 12.0 Å². The lowest BCUT2D eigenvalue weighted by Gasteiger charge is -2.22. The molecule has 0 fully saturated rings. The number of methoxy groups -OCH3 is 1. The van der Waals surface area contributed by atoms with Crippen molar-refractivity contribution in [2.45, 2.75) is 24.0 Å². The number of carbonyl (C=O) groups is 2. The van der Waals surface area contributed by atoms with Crippen molar-refractivity contribution in [2.75, 3.05) is 20.2 Å². The Morgan fingerprint density at radius 2 is 1.74 bits per heavy atom. The van der Waals surface area contributed by atoms with Gasteiger partial charge in [0.05, 0.1) is 30.5 Å². The van der Waals surface area contributed by atoms with Crippen molar-refractivity contribution in [3.63, 3.8) is 0 Å². The molecule has 31 heavy (non-hydrogen) atoms. The first kappa shape index (κ1) is 24.4. The number of ether oxygens (including phenoxy) is 1. The second kappa shape index (κ2) is 10.4. The van der Waals surface area contributed by atoms with Crippen LogP contribution in [0.15, 0.2) is 59.5 Å². The van der Waals surface area contributed by atoms with Crippen molar-refractivity contribution < 1.29 is 35.9 Å². The molecule has 0 saturated heterocycles. The third-order valence-electron chi connectivity index (χ3n) is 4.27. The molecule has 11 heteroatoms.